The fourth-order valence-electron chi connectivity index (χ4n) is 4.19. The van der Waals surface area contributed by atoms with Crippen LogP contribution in [0.25, 0.3) is 0 Å². The van der Waals surface area contributed by atoms with Crippen LogP contribution in [0.15, 0.2) is 54.6 Å². The van der Waals surface area contributed by atoms with E-state index in [2.05, 4.69) is 0 Å². The predicted octanol–water partition coefficient (Wildman–Crippen LogP) is 2.92. The minimum absolute atomic E-state index is 0.00988. The Morgan fingerprint density at radius 1 is 1.00 bits per heavy atom. The highest BCUT2D eigenvalue weighted by Gasteiger charge is 2.50. The van der Waals surface area contributed by atoms with Gasteiger partial charge in [-0.15, -0.1) is 0 Å². The summed E-state index contributed by atoms with van der Waals surface area (Å²) in [6.45, 7) is 2.22. The first-order valence-electron chi connectivity index (χ1n) is 8.94. The zero-order chi connectivity index (χ0) is 19.2. The largest absolute Gasteiger partial charge is 0.306 e. The van der Waals surface area contributed by atoms with Crippen molar-refractivity contribution >= 4 is 33.0 Å². The fourth-order valence-corrected chi connectivity index (χ4v) is 6.28. The molecular formula is C20H21ClN2O3S. The van der Waals surface area contributed by atoms with Crippen molar-refractivity contribution < 1.29 is 13.2 Å². The minimum atomic E-state index is -3.21. The van der Waals surface area contributed by atoms with Gasteiger partial charge in [0, 0.05) is 22.8 Å². The van der Waals surface area contributed by atoms with E-state index in [1.165, 1.54) is 0 Å². The number of hydrogen-bond donors (Lipinski definition) is 0. The van der Waals surface area contributed by atoms with Gasteiger partial charge in [-0.3, -0.25) is 9.69 Å². The van der Waals surface area contributed by atoms with Gasteiger partial charge < -0.3 is 4.90 Å². The highest BCUT2D eigenvalue weighted by Crippen LogP contribution is 2.36. The third kappa shape index (κ3) is 3.49. The van der Waals surface area contributed by atoms with E-state index in [0.717, 1.165) is 5.56 Å². The van der Waals surface area contributed by atoms with E-state index in [-0.39, 0.29) is 42.1 Å². The molecule has 0 aromatic heterocycles. The standard InChI is InChI=1S/C20H21ClN2O3S/c1-14(15-5-3-2-4-6-15)22-11-20(24)23(17-9-7-16(21)8-10-17)19-13-27(25,26)12-18(19)22/h2-10,14,18-19H,11-13H2,1H3/t14-,18-,19+/m0/s1. The van der Waals surface area contributed by atoms with Crippen LogP contribution in [0, 0.1) is 0 Å². The molecular weight excluding hydrogens is 384 g/mol. The van der Waals surface area contributed by atoms with Gasteiger partial charge in [0.1, 0.15) is 0 Å². The maximum atomic E-state index is 13.0. The van der Waals surface area contributed by atoms with Crippen LogP contribution in [-0.4, -0.2) is 49.4 Å². The van der Waals surface area contributed by atoms with Crippen molar-refractivity contribution in [3.05, 3.63) is 65.2 Å². The van der Waals surface area contributed by atoms with Crippen LogP contribution >= 0.6 is 11.6 Å². The van der Waals surface area contributed by atoms with Crippen molar-refractivity contribution in [3.63, 3.8) is 0 Å². The van der Waals surface area contributed by atoms with Gasteiger partial charge in [-0.1, -0.05) is 41.9 Å². The third-order valence-corrected chi connectivity index (χ3v) is 7.47. The summed E-state index contributed by atoms with van der Waals surface area (Å²) in [5, 5.41) is 0.582. The lowest BCUT2D eigenvalue weighted by molar-refractivity contribution is -0.124. The molecule has 1 amide bonds. The second-order valence-electron chi connectivity index (χ2n) is 7.21. The molecule has 0 unspecified atom stereocenters. The maximum absolute atomic E-state index is 13.0. The number of amides is 1. The number of benzene rings is 2. The number of piperazine rings is 1. The molecule has 3 atom stereocenters. The van der Waals surface area contributed by atoms with Gasteiger partial charge in [-0.05, 0) is 36.8 Å². The van der Waals surface area contributed by atoms with Gasteiger partial charge >= 0.3 is 0 Å². The third-order valence-electron chi connectivity index (χ3n) is 5.52. The predicted molar refractivity (Wildman–Crippen MR) is 107 cm³/mol. The molecule has 2 aliphatic heterocycles. The molecule has 2 heterocycles. The number of halogens is 1. The topological polar surface area (TPSA) is 57.7 Å². The summed E-state index contributed by atoms with van der Waals surface area (Å²) in [6.07, 6.45) is 0. The van der Waals surface area contributed by atoms with E-state index in [0.29, 0.717) is 10.7 Å². The quantitative estimate of drug-likeness (QED) is 0.789. The zero-order valence-electron chi connectivity index (χ0n) is 15.0. The van der Waals surface area contributed by atoms with Crippen molar-refractivity contribution in [2.24, 2.45) is 0 Å². The molecule has 4 rings (SSSR count). The number of rotatable bonds is 3. The molecule has 2 fully saturated rings. The van der Waals surface area contributed by atoms with E-state index in [9.17, 15) is 13.2 Å². The maximum Gasteiger partial charge on any atom is 0.241 e. The SMILES string of the molecule is C[C@@H](c1ccccc1)N1CC(=O)N(c2ccc(Cl)cc2)[C@@H]2CS(=O)(=O)C[C@@H]21. The van der Waals surface area contributed by atoms with E-state index < -0.39 is 9.84 Å². The molecule has 5 nitrogen and oxygen atoms in total. The smallest absolute Gasteiger partial charge is 0.241 e. The molecule has 0 radical (unpaired) electrons. The number of carbonyl (C=O) groups excluding carboxylic acids is 1. The Labute approximate surface area is 164 Å². The van der Waals surface area contributed by atoms with Gasteiger partial charge in [0.05, 0.1) is 24.1 Å². The summed E-state index contributed by atoms with van der Waals surface area (Å²) in [5.74, 6) is -0.0190. The molecule has 0 spiro atoms. The van der Waals surface area contributed by atoms with Gasteiger partial charge in [0.2, 0.25) is 5.91 Å². The molecule has 7 heteroatoms. The van der Waals surface area contributed by atoms with Gasteiger partial charge in [0.15, 0.2) is 9.84 Å². The number of sulfone groups is 1. The lowest BCUT2D eigenvalue weighted by Crippen LogP contribution is -2.62. The van der Waals surface area contributed by atoms with Crippen molar-refractivity contribution in [1.82, 2.24) is 4.90 Å². The molecule has 142 valence electrons. The van der Waals surface area contributed by atoms with Crippen molar-refractivity contribution in [1.29, 1.82) is 0 Å². The zero-order valence-corrected chi connectivity index (χ0v) is 16.5. The van der Waals surface area contributed by atoms with Crippen LogP contribution in [0.2, 0.25) is 5.02 Å². The molecule has 27 heavy (non-hydrogen) atoms. The van der Waals surface area contributed by atoms with Crippen LogP contribution in [0.3, 0.4) is 0 Å². The average molecular weight is 405 g/mol. The van der Waals surface area contributed by atoms with Crippen molar-refractivity contribution in [3.8, 4) is 0 Å². The van der Waals surface area contributed by atoms with Crippen LogP contribution in [-0.2, 0) is 14.6 Å². The van der Waals surface area contributed by atoms with E-state index in [4.69, 9.17) is 11.6 Å². The van der Waals surface area contributed by atoms with E-state index in [1.807, 2.05) is 42.2 Å². The monoisotopic (exact) mass is 404 g/mol. The van der Waals surface area contributed by atoms with Crippen LogP contribution in [0.5, 0.6) is 0 Å². The number of fused-ring (bicyclic) bond motifs is 1. The Bertz CT molecular complexity index is 947. The Morgan fingerprint density at radius 3 is 2.30 bits per heavy atom. The first-order valence-corrected chi connectivity index (χ1v) is 11.1. The fraction of sp³-hybridized carbons (Fsp3) is 0.350. The molecule has 0 N–H and O–H groups in total. The van der Waals surface area contributed by atoms with Crippen LogP contribution in [0.1, 0.15) is 18.5 Å². The summed E-state index contributed by atoms with van der Waals surface area (Å²) in [4.78, 5) is 16.7. The average Bonchev–Trinajstić information content (AvgIpc) is 2.97. The van der Waals surface area contributed by atoms with Crippen molar-refractivity contribution in [2.75, 3.05) is 23.0 Å². The second kappa shape index (κ2) is 6.93. The number of anilines is 1. The highest BCUT2D eigenvalue weighted by molar-refractivity contribution is 7.91. The summed E-state index contributed by atoms with van der Waals surface area (Å²) in [5.41, 5.74) is 1.77. The second-order valence-corrected chi connectivity index (χ2v) is 9.80. The molecule has 0 saturated carbocycles. The molecule has 0 aliphatic carbocycles. The summed E-state index contributed by atoms with van der Waals surface area (Å²) < 4.78 is 24.9. The molecule has 2 aliphatic rings. The number of nitrogens with zero attached hydrogens (tertiary/aromatic N) is 2. The normalized spacial score (nSPS) is 26.0. The molecule has 2 saturated heterocycles. The van der Waals surface area contributed by atoms with E-state index in [1.54, 1.807) is 29.2 Å². The minimum Gasteiger partial charge on any atom is -0.306 e. The summed E-state index contributed by atoms with van der Waals surface area (Å²) in [6, 6.07) is 16.2. The highest BCUT2D eigenvalue weighted by atomic mass is 35.5. The molecule has 2 aromatic carbocycles. The summed E-state index contributed by atoms with van der Waals surface area (Å²) >= 11 is 5.97. The van der Waals surface area contributed by atoms with Crippen LogP contribution in [0.4, 0.5) is 5.69 Å². The Balaban J connectivity index is 1.71. The summed E-state index contributed by atoms with van der Waals surface area (Å²) in [7, 11) is -3.21. The first kappa shape index (κ1) is 18.5. The number of carbonyl (C=O) groups is 1. The molecule has 0 bridgehead atoms. The lowest BCUT2D eigenvalue weighted by atomic mass is 9.98. The lowest BCUT2D eigenvalue weighted by Gasteiger charge is -2.46. The van der Waals surface area contributed by atoms with E-state index >= 15 is 0 Å². The Hall–Kier alpha value is -1.89. The van der Waals surface area contributed by atoms with Gasteiger partial charge in [-0.25, -0.2) is 8.42 Å². The Morgan fingerprint density at radius 2 is 1.63 bits per heavy atom. The number of hydrogen-bond acceptors (Lipinski definition) is 4. The molecule has 2 aromatic rings. The first-order chi connectivity index (χ1) is 12.9. The van der Waals surface area contributed by atoms with Crippen LogP contribution < -0.4 is 4.90 Å². The van der Waals surface area contributed by atoms with Gasteiger partial charge in [-0.2, -0.15) is 0 Å². The Kier molecular flexibility index (Phi) is 4.74. The van der Waals surface area contributed by atoms with Crippen molar-refractivity contribution in [2.45, 2.75) is 25.0 Å². The van der Waals surface area contributed by atoms with Gasteiger partial charge in [0.25, 0.3) is 0 Å².